The SMILES string of the molecule is O=C(Nc1ccc(N2CCOCC2)cc1)c1cccc(-n2cc(Nc3ccsc3-c3ccccc3)cn2)c1.O=C(O)C(F)(F)F. The van der Waals surface area contributed by atoms with E-state index in [0.29, 0.717) is 5.56 Å². The second kappa shape index (κ2) is 14.1. The van der Waals surface area contributed by atoms with Gasteiger partial charge in [-0.15, -0.1) is 11.3 Å². The summed E-state index contributed by atoms with van der Waals surface area (Å²) in [4.78, 5) is 25.4. The van der Waals surface area contributed by atoms with Gasteiger partial charge in [-0.2, -0.15) is 18.3 Å². The molecule has 5 aromatic rings. The van der Waals surface area contributed by atoms with Gasteiger partial charge in [-0.3, -0.25) is 4.79 Å². The minimum absolute atomic E-state index is 0.165. The van der Waals surface area contributed by atoms with Crippen molar-refractivity contribution in [1.29, 1.82) is 0 Å². The monoisotopic (exact) mass is 635 g/mol. The molecular formula is C32H28F3N5O4S. The second-order valence-corrected chi connectivity index (χ2v) is 10.7. The van der Waals surface area contributed by atoms with Crippen LogP contribution in [-0.2, 0) is 9.53 Å². The van der Waals surface area contributed by atoms with Gasteiger partial charge in [0.2, 0.25) is 0 Å². The number of carboxylic acid groups (broad SMARTS) is 1. The molecule has 0 spiro atoms. The molecule has 0 bridgehead atoms. The zero-order chi connectivity index (χ0) is 31.8. The van der Waals surface area contributed by atoms with Crippen molar-refractivity contribution < 1.29 is 32.6 Å². The van der Waals surface area contributed by atoms with E-state index in [2.05, 4.69) is 44.2 Å². The lowest BCUT2D eigenvalue weighted by Gasteiger charge is -2.28. The van der Waals surface area contributed by atoms with Crippen molar-refractivity contribution in [2.45, 2.75) is 6.18 Å². The number of aromatic nitrogens is 2. The molecule has 1 fully saturated rings. The van der Waals surface area contributed by atoms with Gasteiger partial charge < -0.3 is 25.4 Å². The zero-order valence-electron chi connectivity index (χ0n) is 23.7. The number of alkyl halides is 3. The van der Waals surface area contributed by atoms with Crippen LogP contribution in [0.25, 0.3) is 16.1 Å². The molecule has 1 aliphatic heterocycles. The van der Waals surface area contributed by atoms with Gasteiger partial charge >= 0.3 is 12.1 Å². The number of hydrogen-bond acceptors (Lipinski definition) is 7. The Labute approximate surface area is 260 Å². The van der Waals surface area contributed by atoms with E-state index in [9.17, 15) is 18.0 Å². The summed E-state index contributed by atoms with van der Waals surface area (Å²) in [6, 6.07) is 27.8. The number of carbonyl (C=O) groups excluding carboxylic acids is 1. The highest BCUT2D eigenvalue weighted by Gasteiger charge is 2.38. The van der Waals surface area contributed by atoms with Crippen molar-refractivity contribution >= 4 is 46.0 Å². The Hall–Kier alpha value is -5.14. The summed E-state index contributed by atoms with van der Waals surface area (Å²) in [5.74, 6) is -2.92. The van der Waals surface area contributed by atoms with Crippen LogP contribution in [-0.4, -0.2) is 59.2 Å². The Morgan fingerprint density at radius 3 is 2.29 bits per heavy atom. The van der Waals surface area contributed by atoms with Gasteiger partial charge in [0.25, 0.3) is 5.91 Å². The van der Waals surface area contributed by atoms with Crippen LogP contribution >= 0.6 is 11.3 Å². The number of amides is 1. The Bertz CT molecular complexity index is 1730. The highest BCUT2D eigenvalue weighted by molar-refractivity contribution is 7.14. The smallest absolute Gasteiger partial charge is 0.475 e. The van der Waals surface area contributed by atoms with E-state index in [1.165, 1.54) is 10.4 Å². The number of thiophene rings is 1. The van der Waals surface area contributed by atoms with Crippen molar-refractivity contribution in [2.24, 2.45) is 0 Å². The number of halogens is 3. The summed E-state index contributed by atoms with van der Waals surface area (Å²) in [5, 5.41) is 20.2. The molecule has 2 aromatic heterocycles. The Morgan fingerprint density at radius 2 is 1.60 bits per heavy atom. The zero-order valence-corrected chi connectivity index (χ0v) is 24.5. The van der Waals surface area contributed by atoms with Crippen molar-refractivity contribution in [3.63, 3.8) is 0 Å². The fourth-order valence-corrected chi connectivity index (χ4v) is 5.33. The van der Waals surface area contributed by atoms with Crippen molar-refractivity contribution in [3.8, 4) is 16.1 Å². The van der Waals surface area contributed by atoms with E-state index in [4.69, 9.17) is 14.6 Å². The van der Waals surface area contributed by atoms with Crippen LogP contribution in [0, 0.1) is 0 Å². The normalized spacial score (nSPS) is 13.0. The first kappa shape index (κ1) is 31.3. The number of morpholine rings is 1. The highest BCUT2D eigenvalue weighted by atomic mass is 32.1. The molecule has 1 saturated heterocycles. The molecule has 0 radical (unpaired) electrons. The maximum atomic E-state index is 13.0. The first-order chi connectivity index (χ1) is 21.7. The number of benzene rings is 3. The molecule has 6 rings (SSSR count). The molecule has 1 amide bonds. The van der Waals surface area contributed by atoms with Crippen LogP contribution < -0.4 is 15.5 Å². The number of carbonyl (C=O) groups is 2. The summed E-state index contributed by atoms with van der Waals surface area (Å²) >= 11 is 1.70. The van der Waals surface area contributed by atoms with Crippen molar-refractivity contribution in [2.75, 3.05) is 41.8 Å². The summed E-state index contributed by atoms with van der Waals surface area (Å²) in [5.41, 5.74) is 6.34. The average Bonchev–Trinajstić information content (AvgIpc) is 3.72. The minimum atomic E-state index is -5.08. The number of aliphatic carboxylic acids is 1. The molecular weight excluding hydrogens is 607 g/mol. The molecule has 0 atom stereocenters. The number of anilines is 4. The van der Waals surface area contributed by atoms with Crippen LogP contribution in [0.4, 0.5) is 35.9 Å². The second-order valence-electron chi connectivity index (χ2n) is 9.78. The first-order valence-corrected chi connectivity index (χ1v) is 14.6. The van der Waals surface area contributed by atoms with Crippen LogP contribution in [0.3, 0.4) is 0 Å². The predicted octanol–water partition coefficient (Wildman–Crippen LogP) is 7.07. The Balaban J connectivity index is 0.000000515. The molecule has 3 N–H and O–H groups in total. The Morgan fingerprint density at radius 1 is 0.889 bits per heavy atom. The van der Waals surface area contributed by atoms with E-state index < -0.39 is 12.1 Å². The highest BCUT2D eigenvalue weighted by Crippen LogP contribution is 2.35. The molecule has 0 aliphatic carbocycles. The molecule has 45 heavy (non-hydrogen) atoms. The molecule has 232 valence electrons. The lowest BCUT2D eigenvalue weighted by molar-refractivity contribution is -0.192. The third kappa shape index (κ3) is 8.28. The number of nitrogens with one attached hydrogen (secondary N) is 2. The largest absolute Gasteiger partial charge is 0.490 e. The topological polar surface area (TPSA) is 109 Å². The molecule has 3 aromatic carbocycles. The lowest BCUT2D eigenvalue weighted by Crippen LogP contribution is -2.36. The molecule has 13 heteroatoms. The average molecular weight is 636 g/mol. The van der Waals surface area contributed by atoms with Crippen molar-refractivity contribution in [3.05, 3.63) is 108 Å². The van der Waals surface area contributed by atoms with Gasteiger partial charge in [0.1, 0.15) is 0 Å². The van der Waals surface area contributed by atoms with E-state index in [-0.39, 0.29) is 5.91 Å². The summed E-state index contributed by atoms with van der Waals surface area (Å²) in [7, 11) is 0. The van der Waals surface area contributed by atoms with Crippen LogP contribution in [0.15, 0.2) is 103 Å². The number of rotatable bonds is 7. The summed E-state index contributed by atoms with van der Waals surface area (Å²) in [6.45, 7) is 3.24. The van der Waals surface area contributed by atoms with Crippen LogP contribution in [0.5, 0.6) is 0 Å². The van der Waals surface area contributed by atoms with Crippen LogP contribution in [0.2, 0.25) is 0 Å². The van der Waals surface area contributed by atoms with Gasteiger partial charge in [-0.25, -0.2) is 9.48 Å². The van der Waals surface area contributed by atoms with E-state index >= 15 is 0 Å². The lowest BCUT2D eigenvalue weighted by atomic mass is 10.1. The summed E-state index contributed by atoms with van der Waals surface area (Å²) in [6.07, 6.45) is -1.37. The van der Waals surface area contributed by atoms with E-state index in [1.807, 2.05) is 66.9 Å². The number of nitrogens with zero attached hydrogens (tertiary/aromatic N) is 3. The third-order valence-electron chi connectivity index (χ3n) is 6.68. The van der Waals surface area contributed by atoms with Gasteiger partial charge in [-0.05, 0) is 59.5 Å². The number of ether oxygens (including phenoxy) is 1. The maximum Gasteiger partial charge on any atom is 0.490 e. The van der Waals surface area contributed by atoms with Gasteiger partial charge in [0, 0.05) is 30.0 Å². The van der Waals surface area contributed by atoms with Gasteiger partial charge in [-0.1, -0.05) is 36.4 Å². The maximum absolute atomic E-state index is 13.0. The van der Waals surface area contributed by atoms with E-state index in [0.717, 1.165) is 54.7 Å². The quantitative estimate of drug-likeness (QED) is 0.176. The number of hydrogen-bond donors (Lipinski definition) is 3. The van der Waals surface area contributed by atoms with Gasteiger partial charge in [0.15, 0.2) is 0 Å². The third-order valence-corrected chi connectivity index (χ3v) is 7.64. The fraction of sp³-hybridized carbons (Fsp3) is 0.156. The molecule has 0 unspecified atom stereocenters. The fourth-order valence-electron chi connectivity index (χ4n) is 4.47. The summed E-state index contributed by atoms with van der Waals surface area (Å²) < 4.78 is 38.9. The number of carboxylic acids is 1. The predicted molar refractivity (Wildman–Crippen MR) is 168 cm³/mol. The first-order valence-electron chi connectivity index (χ1n) is 13.8. The van der Waals surface area contributed by atoms with Crippen molar-refractivity contribution in [1.82, 2.24) is 9.78 Å². The molecule has 3 heterocycles. The van der Waals surface area contributed by atoms with E-state index in [1.54, 1.807) is 28.3 Å². The molecule has 0 saturated carbocycles. The molecule has 1 aliphatic rings. The van der Waals surface area contributed by atoms with Gasteiger partial charge in [0.05, 0.1) is 47.5 Å². The molecule has 9 nitrogen and oxygen atoms in total. The standard InChI is InChI=1S/C30H27N5O2S.C2HF3O2/c36-30(33-24-9-11-26(12-10-24)34-14-16-37-17-15-34)23-7-4-8-27(19-23)35-21-25(20-31-35)32-28-13-18-38-29(28)22-5-2-1-3-6-22;3-2(4,5)1(6)7/h1-13,18-21,32H,14-17H2,(H,33,36);(H,6,7). The van der Waals surface area contributed by atoms with Crippen LogP contribution in [0.1, 0.15) is 10.4 Å². The Kier molecular flexibility index (Phi) is 9.80. The minimum Gasteiger partial charge on any atom is -0.475 e.